The van der Waals surface area contributed by atoms with Crippen LogP contribution in [0, 0.1) is 5.92 Å². The van der Waals surface area contributed by atoms with Crippen LogP contribution in [0.1, 0.15) is 31.1 Å². The second kappa shape index (κ2) is 5.92. The molecule has 3 N–H and O–H groups in total. The van der Waals surface area contributed by atoms with E-state index in [1.165, 1.54) is 12.5 Å². The largest absolute Gasteiger partial charge is 0.472 e. The van der Waals surface area contributed by atoms with Crippen molar-refractivity contribution in [1.82, 2.24) is 5.32 Å². The Kier molecular flexibility index (Phi) is 5.55. The van der Waals surface area contributed by atoms with Crippen LogP contribution >= 0.6 is 12.4 Å². The van der Waals surface area contributed by atoms with Crippen LogP contribution in [-0.4, -0.2) is 18.0 Å². The highest BCUT2D eigenvalue weighted by atomic mass is 35.5. The fraction of sp³-hybridized carbons (Fsp3) is 0.545. The summed E-state index contributed by atoms with van der Waals surface area (Å²) in [5.41, 5.74) is 5.81. The minimum Gasteiger partial charge on any atom is -0.472 e. The third kappa shape index (κ3) is 3.25. The average Bonchev–Trinajstić information content (AvgIpc) is 2.70. The molecule has 1 aromatic heterocycles. The van der Waals surface area contributed by atoms with Gasteiger partial charge in [-0.3, -0.25) is 4.79 Å². The summed E-state index contributed by atoms with van der Waals surface area (Å²) < 4.78 is 4.85. The molecule has 0 aliphatic heterocycles. The van der Waals surface area contributed by atoms with Crippen molar-refractivity contribution in [2.75, 3.05) is 6.54 Å². The summed E-state index contributed by atoms with van der Waals surface area (Å²) in [4.78, 5) is 11.8. The van der Waals surface area contributed by atoms with Gasteiger partial charge in [0, 0.05) is 6.54 Å². The SMILES string of the molecule is CC(C)C(C)(CN)NC(=O)c1ccoc1.Cl. The molecule has 1 amide bonds. The van der Waals surface area contributed by atoms with Crippen LogP contribution in [0.3, 0.4) is 0 Å². The quantitative estimate of drug-likeness (QED) is 0.851. The molecular weight excluding hydrogens is 228 g/mol. The lowest BCUT2D eigenvalue weighted by molar-refractivity contribution is 0.0882. The van der Waals surface area contributed by atoms with Gasteiger partial charge in [-0.25, -0.2) is 0 Å². The summed E-state index contributed by atoms with van der Waals surface area (Å²) in [6, 6.07) is 1.63. The van der Waals surface area contributed by atoms with Crippen molar-refractivity contribution in [3.63, 3.8) is 0 Å². The molecular formula is C11H19ClN2O2. The Morgan fingerprint density at radius 3 is 2.62 bits per heavy atom. The fourth-order valence-electron chi connectivity index (χ4n) is 1.16. The first kappa shape index (κ1) is 15.0. The number of amides is 1. The molecule has 0 radical (unpaired) electrons. The lowest BCUT2D eigenvalue weighted by Gasteiger charge is -2.33. The van der Waals surface area contributed by atoms with Crippen molar-refractivity contribution in [3.05, 3.63) is 24.2 Å². The van der Waals surface area contributed by atoms with Gasteiger partial charge in [0.15, 0.2) is 0 Å². The number of carbonyl (C=O) groups excluding carboxylic acids is 1. The summed E-state index contributed by atoms with van der Waals surface area (Å²) in [5.74, 6) is 0.128. The molecule has 0 aliphatic rings. The van der Waals surface area contributed by atoms with Crippen LogP contribution in [0.4, 0.5) is 0 Å². The smallest absolute Gasteiger partial charge is 0.255 e. The molecule has 1 rings (SSSR count). The second-order valence-electron chi connectivity index (χ2n) is 4.24. The molecule has 5 heteroatoms. The van der Waals surface area contributed by atoms with E-state index >= 15 is 0 Å². The highest BCUT2D eigenvalue weighted by Crippen LogP contribution is 2.15. The van der Waals surface area contributed by atoms with Gasteiger partial charge in [-0.05, 0) is 18.9 Å². The number of halogens is 1. The molecule has 92 valence electrons. The Bertz CT molecular complexity index is 325. The zero-order valence-corrected chi connectivity index (χ0v) is 10.6. The van der Waals surface area contributed by atoms with Crippen LogP contribution in [0.15, 0.2) is 23.0 Å². The molecule has 0 aliphatic carbocycles. The van der Waals surface area contributed by atoms with Gasteiger partial charge in [-0.2, -0.15) is 0 Å². The lowest BCUT2D eigenvalue weighted by Crippen LogP contribution is -2.54. The maximum atomic E-state index is 11.8. The van der Waals surface area contributed by atoms with Gasteiger partial charge in [0.1, 0.15) is 6.26 Å². The summed E-state index contributed by atoms with van der Waals surface area (Å²) >= 11 is 0. The predicted octanol–water partition coefficient (Wildman–Crippen LogP) is 1.80. The average molecular weight is 247 g/mol. The van der Waals surface area contributed by atoms with Crippen molar-refractivity contribution in [3.8, 4) is 0 Å². The minimum absolute atomic E-state index is 0. The number of hydrogen-bond donors (Lipinski definition) is 2. The van der Waals surface area contributed by atoms with E-state index in [1.807, 2.05) is 20.8 Å². The molecule has 1 heterocycles. The van der Waals surface area contributed by atoms with E-state index in [-0.39, 0.29) is 29.8 Å². The minimum atomic E-state index is -0.381. The van der Waals surface area contributed by atoms with E-state index in [0.717, 1.165) is 0 Å². The Labute approximate surface area is 102 Å². The molecule has 0 saturated heterocycles. The van der Waals surface area contributed by atoms with Gasteiger partial charge in [0.2, 0.25) is 0 Å². The monoisotopic (exact) mass is 246 g/mol. The highest BCUT2D eigenvalue weighted by Gasteiger charge is 2.29. The first-order chi connectivity index (χ1) is 6.99. The molecule has 0 saturated carbocycles. The highest BCUT2D eigenvalue weighted by molar-refractivity contribution is 5.94. The Morgan fingerprint density at radius 2 is 2.25 bits per heavy atom. The van der Waals surface area contributed by atoms with Crippen molar-refractivity contribution in [2.24, 2.45) is 11.7 Å². The van der Waals surface area contributed by atoms with E-state index in [2.05, 4.69) is 5.32 Å². The molecule has 0 fully saturated rings. The van der Waals surface area contributed by atoms with E-state index in [4.69, 9.17) is 10.2 Å². The maximum Gasteiger partial charge on any atom is 0.255 e. The molecule has 1 atom stereocenters. The molecule has 0 spiro atoms. The summed E-state index contributed by atoms with van der Waals surface area (Å²) in [6.45, 7) is 6.41. The summed E-state index contributed by atoms with van der Waals surface area (Å²) in [7, 11) is 0. The Balaban J connectivity index is 0.00000225. The number of rotatable bonds is 4. The molecule has 0 bridgehead atoms. The number of nitrogens with two attached hydrogens (primary N) is 1. The van der Waals surface area contributed by atoms with Gasteiger partial charge in [-0.1, -0.05) is 13.8 Å². The zero-order chi connectivity index (χ0) is 11.5. The van der Waals surface area contributed by atoms with Crippen LogP contribution in [0.2, 0.25) is 0 Å². The fourth-order valence-corrected chi connectivity index (χ4v) is 1.16. The molecule has 0 aromatic carbocycles. The van der Waals surface area contributed by atoms with Crippen LogP contribution in [0.25, 0.3) is 0 Å². The van der Waals surface area contributed by atoms with Crippen molar-refractivity contribution < 1.29 is 9.21 Å². The maximum absolute atomic E-state index is 11.8. The molecule has 1 unspecified atom stereocenters. The van der Waals surface area contributed by atoms with Gasteiger partial charge >= 0.3 is 0 Å². The van der Waals surface area contributed by atoms with Crippen molar-refractivity contribution in [2.45, 2.75) is 26.3 Å². The van der Waals surface area contributed by atoms with E-state index in [0.29, 0.717) is 12.1 Å². The number of hydrogen-bond acceptors (Lipinski definition) is 3. The van der Waals surface area contributed by atoms with Crippen LogP contribution < -0.4 is 11.1 Å². The van der Waals surface area contributed by atoms with Crippen LogP contribution in [0.5, 0.6) is 0 Å². The summed E-state index contributed by atoms with van der Waals surface area (Å²) in [6.07, 6.45) is 2.90. The normalized spacial score (nSPS) is 14.1. The molecule has 16 heavy (non-hydrogen) atoms. The van der Waals surface area contributed by atoms with Gasteiger partial charge in [0.05, 0.1) is 17.4 Å². The van der Waals surface area contributed by atoms with E-state index in [9.17, 15) is 4.79 Å². The standard InChI is InChI=1S/C11H18N2O2.ClH/c1-8(2)11(3,7-12)13-10(14)9-4-5-15-6-9;/h4-6,8H,7,12H2,1-3H3,(H,13,14);1H. The van der Waals surface area contributed by atoms with E-state index in [1.54, 1.807) is 6.07 Å². The second-order valence-corrected chi connectivity index (χ2v) is 4.24. The summed E-state index contributed by atoms with van der Waals surface area (Å²) in [5, 5.41) is 2.92. The third-order valence-corrected chi connectivity index (χ3v) is 2.88. The van der Waals surface area contributed by atoms with Crippen LogP contribution in [-0.2, 0) is 0 Å². The van der Waals surface area contributed by atoms with Gasteiger partial charge < -0.3 is 15.5 Å². The number of furan rings is 1. The van der Waals surface area contributed by atoms with Gasteiger partial charge in [-0.15, -0.1) is 12.4 Å². The third-order valence-electron chi connectivity index (χ3n) is 2.88. The van der Waals surface area contributed by atoms with Crippen molar-refractivity contribution >= 4 is 18.3 Å². The Morgan fingerprint density at radius 1 is 1.62 bits per heavy atom. The lowest BCUT2D eigenvalue weighted by atomic mass is 9.88. The Hall–Kier alpha value is -1.00. The first-order valence-electron chi connectivity index (χ1n) is 5.04. The zero-order valence-electron chi connectivity index (χ0n) is 9.82. The molecule has 1 aromatic rings. The molecule has 4 nitrogen and oxygen atoms in total. The van der Waals surface area contributed by atoms with E-state index < -0.39 is 0 Å². The topological polar surface area (TPSA) is 68.3 Å². The van der Waals surface area contributed by atoms with Crippen molar-refractivity contribution in [1.29, 1.82) is 0 Å². The first-order valence-corrected chi connectivity index (χ1v) is 5.04. The number of nitrogens with one attached hydrogen (secondary N) is 1. The van der Waals surface area contributed by atoms with Gasteiger partial charge in [0.25, 0.3) is 5.91 Å². The number of carbonyl (C=O) groups is 1. The predicted molar refractivity (Wildman–Crippen MR) is 65.7 cm³/mol.